The first kappa shape index (κ1) is 24.2. The third-order valence-corrected chi connectivity index (χ3v) is 4.74. The second-order valence-corrected chi connectivity index (χ2v) is 7.29. The number of hydrogen-bond acceptors (Lipinski definition) is 6. The summed E-state index contributed by atoms with van der Waals surface area (Å²) in [5.74, 6) is 1.42. The Kier molecular flexibility index (Phi) is 10.9. The molecular formula is C24H33N3O4. The van der Waals surface area contributed by atoms with E-state index in [1.54, 1.807) is 18.3 Å². The molecule has 168 valence electrons. The minimum absolute atomic E-state index is 0.0151. The molecule has 0 aliphatic heterocycles. The Morgan fingerprint density at radius 2 is 1.74 bits per heavy atom. The highest BCUT2D eigenvalue weighted by Crippen LogP contribution is 2.28. The Labute approximate surface area is 184 Å². The Balaban J connectivity index is 1.87. The van der Waals surface area contributed by atoms with Gasteiger partial charge in [0.05, 0.1) is 30.0 Å². The van der Waals surface area contributed by atoms with Crippen molar-refractivity contribution in [2.45, 2.75) is 58.8 Å². The molecule has 7 heteroatoms. The summed E-state index contributed by atoms with van der Waals surface area (Å²) in [6.07, 6.45) is 10.3. The van der Waals surface area contributed by atoms with Crippen molar-refractivity contribution in [1.82, 2.24) is 0 Å². The van der Waals surface area contributed by atoms with Gasteiger partial charge in [-0.05, 0) is 43.2 Å². The fourth-order valence-electron chi connectivity index (χ4n) is 3.10. The van der Waals surface area contributed by atoms with Gasteiger partial charge in [0.1, 0.15) is 0 Å². The van der Waals surface area contributed by atoms with Crippen molar-refractivity contribution in [2.75, 3.05) is 18.6 Å². The highest BCUT2D eigenvalue weighted by atomic mass is 16.6. The summed E-state index contributed by atoms with van der Waals surface area (Å²) in [5, 5.41) is 15.0. The Bertz CT molecular complexity index is 839. The topological polar surface area (TPSA) is 86.0 Å². The third kappa shape index (κ3) is 9.07. The molecule has 2 rings (SSSR count). The van der Waals surface area contributed by atoms with E-state index in [0.29, 0.717) is 24.7 Å². The van der Waals surface area contributed by atoms with Gasteiger partial charge in [-0.25, -0.2) is 0 Å². The fraction of sp³-hybridized carbons (Fsp3) is 0.458. The van der Waals surface area contributed by atoms with E-state index in [1.807, 2.05) is 25.1 Å². The minimum atomic E-state index is -0.436. The van der Waals surface area contributed by atoms with Crippen LogP contribution in [-0.2, 0) is 0 Å². The minimum Gasteiger partial charge on any atom is -0.490 e. The van der Waals surface area contributed by atoms with Crippen LogP contribution in [-0.4, -0.2) is 24.4 Å². The number of nitrogens with one attached hydrogen (secondary N) is 1. The van der Waals surface area contributed by atoms with E-state index in [0.717, 1.165) is 17.7 Å². The SMILES string of the molecule is CCCCCCCCCOc1ccc(C=NNc2cccc([N+](=O)[O-])c2)cc1OCC. The molecule has 7 nitrogen and oxygen atoms in total. The number of benzene rings is 2. The second kappa shape index (κ2) is 14.0. The average molecular weight is 428 g/mol. The monoisotopic (exact) mass is 427 g/mol. The summed E-state index contributed by atoms with van der Waals surface area (Å²) in [5.41, 5.74) is 4.21. The summed E-state index contributed by atoms with van der Waals surface area (Å²) < 4.78 is 11.7. The molecule has 2 aromatic rings. The first-order valence-corrected chi connectivity index (χ1v) is 11.1. The van der Waals surface area contributed by atoms with E-state index >= 15 is 0 Å². The zero-order chi connectivity index (χ0) is 22.3. The number of nitro groups is 1. The van der Waals surface area contributed by atoms with Crippen LogP contribution in [0, 0.1) is 10.1 Å². The van der Waals surface area contributed by atoms with Gasteiger partial charge in [0, 0.05) is 12.1 Å². The molecule has 0 atom stereocenters. The van der Waals surface area contributed by atoms with Gasteiger partial charge in [-0.15, -0.1) is 0 Å². The normalized spacial score (nSPS) is 10.9. The van der Waals surface area contributed by atoms with E-state index in [2.05, 4.69) is 17.5 Å². The molecule has 0 amide bonds. The van der Waals surface area contributed by atoms with Gasteiger partial charge >= 0.3 is 0 Å². The van der Waals surface area contributed by atoms with Crippen molar-refractivity contribution in [2.24, 2.45) is 5.10 Å². The molecule has 0 fully saturated rings. The highest BCUT2D eigenvalue weighted by Gasteiger charge is 2.07. The molecule has 0 radical (unpaired) electrons. The summed E-state index contributed by atoms with van der Waals surface area (Å²) in [4.78, 5) is 10.4. The maximum atomic E-state index is 10.9. The molecule has 31 heavy (non-hydrogen) atoms. The van der Waals surface area contributed by atoms with E-state index in [1.165, 1.54) is 50.7 Å². The molecule has 0 aliphatic rings. The molecular weight excluding hydrogens is 394 g/mol. The molecule has 0 heterocycles. The van der Waals surface area contributed by atoms with Crippen molar-refractivity contribution in [3.8, 4) is 11.5 Å². The van der Waals surface area contributed by atoms with Crippen molar-refractivity contribution >= 4 is 17.6 Å². The molecule has 2 aromatic carbocycles. The number of nitro benzene ring substituents is 1. The largest absolute Gasteiger partial charge is 0.490 e. The predicted octanol–water partition coefficient (Wildman–Crippen LogP) is 6.57. The van der Waals surface area contributed by atoms with Gasteiger partial charge in [-0.1, -0.05) is 51.5 Å². The molecule has 0 aliphatic carbocycles. The lowest BCUT2D eigenvalue weighted by Crippen LogP contribution is -2.02. The van der Waals surface area contributed by atoms with Crippen LogP contribution < -0.4 is 14.9 Å². The molecule has 1 N–H and O–H groups in total. The Morgan fingerprint density at radius 1 is 0.968 bits per heavy atom. The van der Waals surface area contributed by atoms with Crippen molar-refractivity contribution in [3.05, 3.63) is 58.1 Å². The summed E-state index contributed by atoms with van der Waals surface area (Å²) >= 11 is 0. The first-order valence-electron chi connectivity index (χ1n) is 11.1. The van der Waals surface area contributed by atoms with Gasteiger partial charge in [0.15, 0.2) is 11.5 Å². The first-order chi connectivity index (χ1) is 15.1. The Hall–Kier alpha value is -3.09. The number of non-ortho nitro benzene ring substituents is 1. The zero-order valence-corrected chi connectivity index (χ0v) is 18.5. The quantitative estimate of drug-likeness (QED) is 0.150. The van der Waals surface area contributed by atoms with Crippen molar-refractivity contribution in [1.29, 1.82) is 0 Å². The number of rotatable bonds is 15. The van der Waals surface area contributed by atoms with Gasteiger partial charge in [0.25, 0.3) is 5.69 Å². The number of hydrogen-bond donors (Lipinski definition) is 1. The van der Waals surface area contributed by atoms with Crippen LogP contribution in [0.2, 0.25) is 0 Å². The summed E-state index contributed by atoms with van der Waals surface area (Å²) in [6, 6.07) is 11.9. The summed E-state index contributed by atoms with van der Waals surface area (Å²) in [6.45, 7) is 5.38. The number of hydrazone groups is 1. The maximum absolute atomic E-state index is 10.9. The van der Waals surface area contributed by atoms with Crippen LogP contribution in [0.25, 0.3) is 0 Å². The smallest absolute Gasteiger partial charge is 0.271 e. The molecule has 0 unspecified atom stereocenters. The molecule has 0 aromatic heterocycles. The maximum Gasteiger partial charge on any atom is 0.271 e. The predicted molar refractivity (Wildman–Crippen MR) is 125 cm³/mol. The van der Waals surface area contributed by atoms with Gasteiger partial charge in [0.2, 0.25) is 0 Å². The van der Waals surface area contributed by atoms with Crippen LogP contribution >= 0.6 is 0 Å². The van der Waals surface area contributed by atoms with Gasteiger partial charge < -0.3 is 9.47 Å². The van der Waals surface area contributed by atoms with Gasteiger partial charge in [-0.2, -0.15) is 5.10 Å². The van der Waals surface area contributed by atoms with Crippen molar-refractivity contribution in [3.63, 3.8) is 0 Å². The molecule has 0 saturated carbocycles. The number of ether oxygens (including phenoxy) is 2. The fourth-order valence-corrected chi connectivity index (χ4v) is 3.10. The molecule has 0 bridgehead atoms. The third-order valence-electron chi connectivity index (χ3n) is 4.74. The average Bonchev–Trinajstić information content (AvgIpc) is 2.77. The van der Waals surface area contributed by atoms with E-state index in [9.17, 15) is 10.1 Å². The van der Waals surface area contributed by atoms with Crippen LogP contribution in [0.3, 0.4) is 0 Å². The standard InChI is InChI=1S/C24H33N3O4/c1-3-5-6-7-8-9-10-16-31-23-15-14-20(17-24(23)30-4-2)19-25-26-21-12-11-13-22(18-21)27(28)29/h11-15,17-19,26H,3-10,16H2,1-2H3. The van der Waals surface area contributed by atoms with Crippen molar-refractivity contribution < 1.29 is 14.4 Å². The van der Waals surface area contributed by atoms with Crippen LogP contribution in [0.5, 0.6) is 11.5 Å². The van der Waals surface area contributed by atoms with E-state index in [4.69, 9.17) is 9.47 Å². The highest BCUT2D eigenvalue weighted by molar-refractivity contribution is 5.81. The lowest BCUT2D eigenvalue weighted by molar-refractivity contribution is -0.384. The molecule has 0 saturated heterocycles. The zero-order valence-electron chi connectivity index (χ0n) is 18.5. The van der Waals surface area contributed by atoms with Crippen LogP contribution in [0.15, 0.2) is 47.6 Å². The number of nitrogens with zero attached hydrogens (tertiary/aromatic N) is 2. The lowest BCUT2D eigenvalue weighted by atomic mass is 10.1. The van der Waals surface area contributed by atoms with Crippen LogP contribution in [0.1, 0.15) is 64.4 Å². The Morgan fingerprint density at radius 3 is 2.48 bits per heavy atom. The van der Waals surface area contributed by atoms with E-state index < -0.39 is 4.92 Å². The molecule has 0 spiro atoms. The summed E-state index contributed by atoms with van der Waals surface area (Å²) in [7, 11) is 0. The number of anilines is 1. The van der Waals surface area contributed by atoms with Gasteiger partial charge in [-0.3, -0.25) is 15.5 Å². The second-order valence-electron chi connectivity index (χ2n) is 7.29. The lowest BCUT2D eigenvalue weighted by Gasteiger charge is -2.12. The van der Waals surface area contributed by atoms with E-state index in [-0.39, 0.29) is 5.69 Å². The number of unbranched alkanes of at least 4 members (excludes halogenated alkanes) is 6. The van der Waals surface area contributed by atoms with Crippen LogP contribution in [0.4, 0.5) is 11.4 Å².